The molecule has 1 aromatic rings. The molecule has 1 aromatic carbocycles. The predicted molar refractivity (Wildman–Crippen MR) is 86.1 cm³/mol. The summed E-state index contributed by atoms with van der Waals surface area (Å²) >= 11 is 5.59. The van der Waals surface area contributed by atoms with Gasteiger partial charge in [-0.15, -0.1) is 11.6 Å². The molecule has 2 rings (SSSR count). The minimum absolute atomic E-state index is 0.198. The highest BCUT2D eigenvalue weighted by Gasteiger charge is 2.47. The van der Waals surface area contributed by atoms with Gasteiger partial charge in [-0.05, 0) is 44.0 Å². The van der Waals surface area contributed by atoms with Gasteiger partial charge in [0.25, 0.3) is 0 Å². The van der Waals surface area contributed by atoms with Crippen LogP contribution in [0.1, 0.15) is 54.2 Å². The molecule has 1 amide bonds. The first kappa shape index (κ1) is 17.5. The van der Waals surface area contributed by atoms with Gasteiger partial charge < -0.3 is 10.4 Å². The second-order valence-corrected chi connectivity index (χ2v) is 6.63. The summed E-state index contributed by atoms with van der Waals surface area (Å²) in [6.07, 6.45) is -0.297. The van der Waals surface area contributed by atoms with Gasteiger partial charge in [-0.1, -0.05) is 0 Å². The predicted octanol–water partition coefficient (Wildman–Crippen LogP) is 2.32. The van der Waals surface area contributed by atoms with E-state index >= 15 is 0 Å². The van der Waals surface area contributed by atoms with Gasteiger partial charge in [-0.3, -0.25) is 9.59 Å². The molecular formula is C17H19ClN2O3. The highest BCUT2D eigenvalue weighted by molar-refractivity contribution is 6.17. The Hall–Kier alpha value is -1.90. The molecule has 2 atom stereocenters. The number of carbonyl (C=O) groups is 2. The van der Waals surface area contributed by atoms with Crippen LogP contribution in [0.5, 0.6) is 0 Å². The zero-order valence-corrected chi connectivity index (χ0v) is 13.9. The van der Waals surface area contributed by atoms with E-state index in [9.17, 15) is 14.7 Å². The van der Waals surface area contributed by atoms with Crippen molar-refractivity contribution in [1.29, 1.82) is 5.26 Å². The molecule has 1 aliphatic carbocycles. The molecule has 1 aliphatic rings. The first-order valence-electron chi connectivity index (χ1n) is 7.45. The molecule has 6 heteroatoms. The fourth-order valence-electron chi connectivity index (χ4n) is 2.79. The molecule has 0 aliphatic heterocycles. The molecule has 0 saturated carbocycles. The number of halogens is 1. The number of ketones is 1. The van der Waals surface area contributed by atoms with E-state index in [4.69, 9.17) is 16.9 Å². The van der Waals surface area contributed by atoms with E-state index < -0.39 is 17.6 Å². The van der Waals surface area contributed by atoms with Gasteiger partial charge in [0.15, 0.2) is 5.78 Å². The standard InChI is InChI=1S/C17H19ClN2O3/c1-17(2)15(22)11-6-5-10(9-19)8-12(11)14(16(17)23)20-13(21)4-3-7-18/h5-6,8,14,16,23H,3-4,7H2,1-2H3,(H,20,21)/t14-,16+/m1/s1. The van der Waals surface area contributed by atoms with Crippen molar-refractivity contribution in [2.24, 2.45) is 5.41 Å². The molecule has 0 bridgehead atoms. The van der Waals surface area contributed by atoms with Gasteiger partial charge in [0.05, 0.1) is 29.2 Å². The van der Waals surface area contributed by atoms with Gasteiger partial charge >= 0.3 is 0 Å². The number of Topliss-reactive ketones (excluding diaryl/α,β-unsaturated/α-hetero) is 1. The Balaban J connectivity index is 2.44. The fourth-order valence-corrected chi connectivity index (χ4v) is 2.93. The molecule has 0 unspecified atom stereocenters. The van der Waals surface area contributed by atoms with E-state index in [-0.39, 0.29) is 18.1 Å². The number of carbonyl (C=O) groups excluding carboxylic acids is 2. The van der Waals surface area contributed by atoms with Crippen molar-refractivity contribution in [2.45, 2.75) is 38.8 Å². The summed E-state index contributed by atoms with van der Waals surface area (Å²) in [4.78, 5) is 24.6. The van der Waals surface area contributed by atoms with Gasteiger partial charge in [0.2, 0.25) is 5.91 Å². The Labute approximate surface area is 140 Å². The third kappa shape index (κ3) is 3.24. The maximum absolute atomic E-state index is 12.6. The summed E-state index contributed by atoms with van der Waals surface area (Å²) in [6, 6.07) is 5.99. The number of fused-ring (bicyclic) bond motifs is 1. The van der Waals surface area contributed by atoms with Crippen molar-refractivity contribution in [3.05, 3.63) is 34.9 Å². The number of nitrogens with one attached hydrogen (secondary N) is 1. The van der Waals surface area contributed by atoms with Crippen LogP contribution in [0.3, 0.4) is 0 Å². The lowest BCUT2D eigenvalue weighted by Crippen LogP contribution is -2.51. The van der Waals surface area contributed by atoms with Gasteiger partial charge in [-0.25, -0.2) is 0 Å². The van der Waals surface area contributed by atoms with E-state index in [1.54, 1.807) is 32.0 Å². The summed E-state index contributed by atoms with van der Waals surface area (Å²) < 4.78 is 0. The van der Waals surface area contributed by atoms with Crippen molar-refractivity contribution < 1.29 is 14.7 Å². The maximum Gasteiger partial charge on any atom is 0.220 e. The molecule has 0 radical (unpaired) electrons. The zero-order chi connectivity index (χ0) is 17.2. The van der Waals surface area contributed by atoms with Crippen LogP contribution in [0.25, 0.3) is 0 Å². The lowest BCUT2D eigenvalue weighted by molar-refractivity contribution is -0.123. The summed E-state index contributed by atoms with van der Waals surface area (Å²) in [5.74, 6) is -0.0660. The maximum atomic E-state index is 12.6. The highest BCUT2D eigenvalue weighted by Crippen LogP contribution is 2.41. The van der Waals surface area contributed by atoms with Crippen molar-refractivity contribution in [3.63, 3.8) is 0 Å². The normalized spacial score (nSPS) is 22.1. The Morgan fingerprint density at radius 1 is 1.48 bits per heavy atom. The topological polar surface area (TPSA) is 90.2 Å². The number of aliphatic hydroxyl groups excluding tert-OH is 1. The van der Waals surface area contributed by atoms with Gasteiger partial charge in [0, 0.05) is 17.9 Å². The third-order valence-electron chi connectivity index (χ3n) is 4.25. The highest BCUT2D eigenvalue weighted by atomic mass is 35.5. The number of benzene rings is 1. The van der Waals surface area contributed by atoms with E-state index in [0.29, 0.717) is 29.0 Å². The first-order chi connectivity index (χ1) is 10.8. The third-order valence-corrected chi connectivity index (χ3v) is 4.52. The Morgan fingerprint density at radius 3 is 2.78 bits per heavy atom. The number of hydrogen-bond acceptors (Lipinski definition) is 4. The van der Waals surface area contributed by atoms with E-state index in [2.05, 4.69) is 5.32 Å². The monoisotopic (exact) mass is 334 g/mol. The second kappa shape index (κ2) is 6.69. The molecular weight excluding hydrogens is 316 g/mol. The smallest absolute Gasteiger partial charge is 0.220 e. The number of rotatable bonds is 4. The summed E-state index contributed by atoms with van der Waals surface area (Å²) in [5, 5.41) is 22.4. The van der Waals surface area contributed by atoms with Crippen LogP contribution in [0.15, 0.2) is 18.2 Å². The van der Waals surface area contributed by atoms with Crippen molar-refractivity contribution in [1.82, 2.24) is 5.32 Å². The lowest BCUT2D eigenvalue weighted by atomic mass is 9.68. The minimum atomic E-state index is -1.07. The van der Waals surface area contributed by atoms with E-state index in [1.165, 1.54) is 0 Å². The molecule has 23 heavy (non-hydrogen) atoms. The minimum Gasteiger partial charge on any atom is -0.390 e. The number of hydrogen-bond donors (Lipinski definition) is 2. The number of nitrogens with zero attached hydrogens (tertiary/aromatic N) is 1. The van der Waals surface area contributed by atoms with Crippen LogP contribution >= 0.6 is 11.6 Å². The molecule has 0 heterocycles. The van der Waals surface area contributed by atoms with Gasteiger partial charge in [-0.2, -0.15) is 5.26 Å². The summed E-state index contributed by atoms with van der Waals surface area (Å²) in [6.45, 7) is 3.30. The summed E-state index contributed by atoms with van der Waals surface area (Å²) in [5.41, 5.74) is 0.275. The Bertz CT molecular complexity index is 679. The Morgan fingerprint density at radius 2 is 2.17 bits per heavy atom. The van der Waals surface area contributed by atoms with E-state index in [1.807, 2.05) is 6.07 Å². The molecule has 0 fully saturated rings. The average Bonchev–Trinajstić information content (AvgIpc) is 2.54. The van der Waals surface area contributed by atoms with Crippen LogP contribution in [0, 0.1) is 16.7 Å². The second-order valence-electron chi connectivity index (χ2n) is 6.25. The molecule has 122 valence electrons. The van der Waals surface area contributed by atoms with Crippen LogP contribution in [-0.2, 0) is 4.79 Å². The first-order valence-corrected chi connectivity index (χ1v) is 7.98. The van der Waals surface area contributed by atoms with Crippen molar-refractivity contribution in [3.8, 4) is 6.07 Å². The number of alkyl halides is 1. The molecule has 2 N–H and O–H groups in total. The fraction of sp³-hybridized carbons (Fsp3) is 0.471. The lowest BCUT2D eigenvalue weighted by Gasteiger charge is -2.40. The zero-order valence-electron chi connectivity index (χ0n) is 13.1. The quantitative estimate of drug-likeness (QED) is 0.827. The van der Waals surface area contributed by atoms with Crippen molar-refractivity contribution >= 4 is 23.3 Å². The molecule has 5 nitrogen and oxygen atoms in total. The summed E-state index contributed by atoms with van der Waals surface area (Å²) in [7, 11) is 0. The number of amides is 1. The van der Waals surface area contributed by atoms with E-state index in [0.717, 1.165) is 0 Å². The molecule has 0 aromatic heterocycles. The van der Waals surface area contributed by atoms with Crippen LogP contribution in [-0.4, -0.2) is 28.8 Å². The largest absolute Gasteiger partial charge is 0.390 e. The van der Waals surface area contributed by atoms with Crippen LogP contribution in [0.4, 0.5) is 0 Å². The number of aliphatic hydroxyl groups is 1. The average molecular weight is 335 g/mol. The van der Waals surface area contributed by atoms with Crippen LogP contribution < -0.4 is 5.32 Å². The molecule has 0 spiro atoms. The van der Waals surface area contributed by atoms with Gasteiger partial charge in [0.1, 0.15) is 0 Å². The Kier molecular flexibility index (Phi) is 5.08. The number of nitriles is 1. The van der Waals surface area contributed by atoms with Crippen molar-refractivity contribution in [2.75, 3.05) is 5.88 Å². The molecule has 0 saturated heterocycles. The van der Waals surface area contributed by atoms with Crippen LogP contribution in [0.2, 0.25) is 0 Å². The SMILES string of the molecule is CC1(C)C(=O)c2ccc(C#N)cc2[C@@H](NC(=O)CCCCl)[C@@H]1O.